The lowest BCUT2D eigenvalue weighted by molar-refractivity contribution is -0.147. The topological polar surface area (TPSA) is 46.6 Å². The summed E-state index contributed by atoms with van der Waals surface area (Å²) in [6, 6.07) is 8.72. The van der Waals surface area contributed by atoms with Crippen LogP contribution in [0.4, 0.5) is 4.79 Å². The molecular formula is C13H16ClNO3. The fourth-order valence-electron chi connectivity index (χ4n) is 1.58. The van der Waals surface area contributed by atoms with Crippen LogP contribution in [0.3, 0.4) is 0 Å². The minimum absolute atomic E-state index is 0.272. The fraction of sp³-hybridized carbons (Fsp3) is 0.385. The maximum atomic E-state index is 11.8. The molecule has 0 heterocycles. The Kier molecular flexibility index (Phi) is 5.65. The molecule has 1 rings (SSSR count). The number of carbonyl (C=O) groups excluding carboxylic acids is 2. The molecule has 0 saturated heterocycles. The molecule has 0 spiro atoms. The van der Waals surface area contributed by atoms with Gasteiger partial charge in [0.15, 0.2) is 0 Å². The van der Waals surface area contributed by atoms with Crippen LogP contribution in [0.25, 0.3) is 0 Å². The Labute approximate surface area is 111 Å². The summed E-state index contributed by atoms with van der Waals surface area (Å²) in [5.74, 6) is -0.446. The molecule has 1 aromatic carbocycles. The summed E-state index contributed by atoms with van der Waals surface area (Å²) < 4.78 is 4.96. The number of esters is 1. The van der Waals surface area contributed by atoms with E-state index in [0.29, 0.717) is 6.42 Å². The van der Waals surface area contributed by atoms with Gasteiger partial charge in [-0.05, 0) is 24.1 Å². The molecule has 0 radical (unpaired) electrons. The lowest BCUT2D eigenvalue weighted by Crippen LogP contribution is -2.42. The predicted octanol–water partition coefficient (Wildman–Crippen LogP) is 2.45. The summed E-state index contributed by atoms with van der Waals surface area (Å²) in [6.45, 7) is 1.99. The van der Waals surface area contributed by atoms with E-state index in [1.54, 1.807) is 6.92 Å². The number of hydrogen-bond donors (Lipinski definition) is 0. The first-order valence-electron chi connectivity index (χ1n) is 5.69. The highest BCUT2D eigenvalue weighted by atomic mass is 35.5. The highest BCUT2D eigenvalue weighted by Gasteiger charge is 2.27. The fourth-order valence-corrected chi connectivity index (χ4v) is 1.69. The van der Waals surface area contributed by atoms with Gasteiger partial charge in [-0.25, -0.2) is 4.79 Å². The molecule has 0 aliphatic carbocycles. The number of ether oxygens (including phenoxy) is 1. The smallest absolute Gasteiger partial charge is 0.329 e. The van der Waals surface area contributed by atoms with E-state index in [9.17, 15) is 9.59 Å². The number of amides is 1. The normalized spacial score (nSPS) is 11.7. The number of hydrogen-bond acceptors (Lipinski definition) is 3. The van der Waals surface area contributed by atoms with E-state index in [4.69, 9.17) is 16.3 Å². The van der Waals surface area contributed by atoms with Crippen molar-refractivity contribution in [2.75, 3.05) is 13.7 Å². The molecule has 0 aromatic heterocycles. The highest BCUT2D eigenvalue weighted by Crippen LogP contribution is 2.11. The number of benzene rings is 1. The molecule has 1 unspecified atom stereocenters. The van der Waals surface area contributed by atoms with Gasteiger partial charge in [0.25, 0.3) is 0 Å². The molecule has 5 heteroatoms. The number of carbonyl (C=O) groups is 2. The zero-order valence-corrected chi connectivity index (χ0v) is 11.2. The van der Waals surface area contributed by atoms with Crippen LogP contribution in [0, 0.1) is 0 Å². The Balaban J connectivity index is 2.84. The molecule has 0 N–H and O–H groups in total. The minimum Gasteiger partial charge on any atom is -0.464 e. The first-order valence-corrected chi connectivity index (χ1v) is 6.07. The number of likely N-dealkylation sites (N-methyl/N-ethyl adjacent to an activating group) is 1. The molecule has 18 heavy (non-hydrogen) atoms. The number of halogens is 1. The summed E-state index contributed by atoms with van der Waals surface area (Å²) in [5, 5.41) is -0.677. The van der Waals surface area contributed by atoms with Crippen LogP contribution in [0.15, 0.2) is 30.3 Å². The zero-order chi connectivity index (χ0) is 13.5. The zero-order valence-electron chi connectivity index (χ0n) is 10.4. The van der Waals surface area contributed by atoms with Crippen molar-refractivity contribution in [1.29, 1.82) is 0 Å². The van der Waals surface area contributed by atoms with Gasteiger partial charge in [-0.3, -0.25) is 4.79 Å². The van der Waals surface area contributed by atoms with Crippen molar-refractivity contribution >= 4 is 22.9 Å². The Hall–Kier alpha value is -1.55. The summed E-state index contributed by atoms with van der Waals surface area (Å²) in [6.07, 6.45) is 0.384. The van der Waals surface area contributed by atoms with Crippen LogP contribution in [0.1, 0.15) is 12.5 Å². The van der Waals surface area contributed by atoms with Crippen molar-refractivity contribution in [3.63, 3.8) is 0 Å². The van der Waals surface area contributed by atoms with Crippen molar-refractivity contribution < 1.29 is 14.3 Å². The molecule has 1 aromatic rings. The lowest BCUT2D eigenvalue weighted by atomic mass is 10.1. The summed E-state index contributed by atoms with van der Waals surface area (Å²) in [4.78, 5) is 24.2. The molecule has 1 atom stereocenters. The second-order valence-corrected chi connectivity index (χ2v) is 4.14. The summed E-state index contributed by atoms with van der Waals surface area (Å²) in [7, 11) is 1.49. The molecule has 0 aliphatic heterocycles. The van der Waals surface area contributed by atoms with Crippen LogP contribution in [0.2, 0.25) is 0 Å². The standard InChI is InChI=1S/C13H16ClNO3/c1-3-18-12(16)11(15(2)13(14)17)9-10-7-5-4-6-8-10/h4-8,11H,3,9H2,1-2H3. The molecule has 0 aliphatic rings. The maximum absolute atomic E-state index is 11.8. The first-order chi connectivity index (χ1) is 8.56. The molecule has 4 nitrogen and oxygen atoms in total. The molecule has 1 amide bonds. The van der Waals surface area contributed by atoms with E-state index in [2.05, 4.69) is 0 Å². The monoisotopic (exact) mass is 269 g/mol. The van der Waals surface area contributed by atoms with Gasteiger partial charge in [0.1, 0.15) is 6.04 Å². The molecule has 98 valence electrons. The van der Waals surface area contributed by atoms with Crippen molar-refractivity contribution in [3.8, 4) is 0 Å². The van der Waals surface area contributed by atoms with Crippen LogP contribution in [-0.4, -0.2) is 35.9 Å². The molecule has 0 fully saturated rings. The van der Waals surface area contributed by atoms with E-state index >= 15 is 0 Å². The minimum atomic E-state index is -0.697. The van der Waals surface area contributed by atoms with Gasteiger partial charge in [0, 0.05) is 13.5 Å². The molecular weight excluding hydrogens is 254 g/mol. The largest absolute Gasteiger partial charge is 0.464 e. The number of rotatable bonds is 5. The summed E-state index contributed by atoms with van der Waals surface area (Å²) in [5.41, 5.74) is 0.945. The van der Waals surface area contributed by atoms with Crippen LogP contribution in [-0.2, 0) is 16.0 Å². The van der Waals surface area contributed by atoms with Gasteiger partial charge in [-0.2, -0.15) is 0 Å². The quantitative estimate of drug-likeness (QED) is 0.469. The van der Waals surface area contributed by atoms with Crippen molar-refractivity contribution in [3.05, 3.63) is 35.9 Å². The Morgan fingerprint density at radius 2 is 1.94 bits per heavy atom. The Bertz CT molecular complexity index is 408. The van der Waals surface area contributed by atoms with Gasteiger partial charge in [0.2, 0.25) is 0 Å². The van der Waals surface area contributed by atoms with E-state index in [1.165, 1.54) is 11.9 Å². The van der Waals surface area contributed by atoms with Gasteiger partial charge < -0.3 is 9.64 Å². The average Bonchev–Trinajstić information content (AvgIpc) is 2.36. The van der Waals surface area contributed by atoms with Gasteiger partial charge in [-0.1, -0.05) is 30.3 Å². The summed E-state index contributed by atoms with van der Waals surface area (Å²) >= 11 is 5.41. The second-order valence-electron chi connectivity index (χ2n) is 3.82. The molecule has 0 bridgehead atoms. The van der Waals surface area contributed by atoms with Crippen molar-refractivity contribution in [2.45, 2.75) is 19.4 Å². The van der Waals surface area contributed by atoms with Gasteiger partial charge >= 0.3 is 11.3 Å². The SMILES string of the molecule is CCOC(=O)C(Cc1ccccc1)N(C)C(=O)Cl. The van der Waals surface area contributed by atoms with E-state index in [-0.39, 0.29) is 6.61 Å². The van der Waals surface area contributed by atoms with Crippen molar-refractivity contribution in [1.82, 2.24) is 4.90 Å². The second kappa shape index (κ2) is 7.01. The Morgan fingerprint density at radius 1 is 1.33 bits per heavy atom. The van der Waals surface area contributed by atoms with Gasteiger partial charge in [0.05, 0.1) is 6.61 Å². The van der Waals surface area contributed by atoms with Crippen molar-refractivity contribution in [2.24, 2.45) is 0 Å². The average molecular weight is 270 g/mol. The third-order valence-electron chi connectivity index (χ3n) is 2.58. The number of nitrogens with zero attached hydrogens (tertiary/aromatic N) is 1. The maximum Gasteiger partial charge on any atom is 0.329 e. The third kappa shape index (κ3) is 4.04. The lowest BCUT2D eigenvalue weighted by Gasteiger charge is -2.24. The van der Waals surface area contributed by atoms with E-state index in [0.717, 1.165) is 5.56 Å². The van der Waals surface area contributed by atoms with Crippen LogP contribution in [0.5, 0.6) is 0 Å². The van der Waals surface area contributed by atoms with E-state index < -0.39 is 17.4 Å². The highest BCUT2D eigenvalue weighted by molar-refractivity contribution is 6.62. The first kappa shape index (κ1) is 14.5. The van der Waals surface area contributed by atoms with Crippen LogP contribution < -0.4 is 0 Å². The molecule has 0 saturated carbocycles. The Morgan fingerprint density at radius 3 is 2.44 bits per heavy atom. The third-order valence-corrected chi connectivity index (χ3v) is 2.84. The van der Waals surface area contributed by atoms with Gasteiger partial charge in [-0.15, -0.1) is 0 Å². The predicted molar refractivity (Wildman–Crippen MR) is 69.6 cm³/mol. The van der Waals surface area contributed by atoms with E-state index in [1.807, 2.05) is 30.3 Å². The van der Waals surface area contributed by atoms with Crippen LogP contribution >= 0.6 is 11.6 Å².